The van der Waals surface area contributed by atoms with Crippen molar-refractivity contribution in [3.05, 3.63) is 59.4 Å². The maximum Gasteiger partial charge on any atom is 0.243 e. The SMILES string of the molecule is Cc1ccc(NC(=O)CN2c3ccccc3C[C@@H]2C)cc1F. The molecule has 3 rings (SSSR count). The summed E-state index contributed by atoms with van der Waals surface area (Å²) >= 11 is 0. The number of hydrogen-bond acceptors (Lipinski definition) is 2. The van der Waals surface area contributed by atoms with Crippen molar-refractivity contribution < 1.29 is 9.18 Å². The van der Waals surface area contributed by atoms with Crippen molar-refractivity contribution in [2.75, 3.05) is 16.8 Å². The van der Waals surface area contributed by atoms with Gasteiger partial charge in [-0.05, 0) is 49.6 Å². The molecule has 4 heteroatoms. The normalized spacial score (nSPS) is 16.5. The molecule has 0 aliphatic carbocycles. The van der Waals surface area contributed by atoms with Gasteiger partial charge in [-0.25, -0.2) is 4.39 Å². The van der Waals surface area contributed by atoms with E-state index in [9.17, 15) is 9.18 Å². The predicted molar refractivity (Wildman–Crippen MR) is 86.7 cm³/mol. The fourth-order valence-electron chi connectivity index (χ4n) is 2.90. The number of fused-ring (bicyclic) bond motifs is 1. The summed E-state index contributed by atoms with van der Waals surface area (Å²) in [6.45, 7) is 4.08. The van der Waals surface area contributed by atoms with Crippen molar-refractivity contribution >= 4 is 17.3 Å². The highest BCUT2D eigenvalue weighted by atomic mass is 19.1. The molecule has 0 fully saturated rings. The van der Waals surface area contributed by atoms with E-state index in [2.05, 4.69) is 23.2 Å². The van der Waals surface area contributed by atoms with Gasteiger partial charge in [-0.1, -0.05) is 24.3 Å². The number of anilines is 2. The topological polar surface area (TPSA) is 32.3 Å². The minimum Gasteiger partial charge on any atom is -0.359 e. The van der Waals surface area contributed by atoms with Crippen LogP contribution in [0.1, 0.15) is 18.1 Å². The van der Waals surface area contributed by atoms with Crippen molar-refractivity contribution in [1.29, 1.82) is 0 Å². The zero-order valence-corrected chi connectivity index (χ0v) is 12.8. The Kier molecular flexibility index (Phi) is 3.84. The molecule has 0 bridgehead atoms. The number of halogens is 1. The van der Waals surface area contributed by atoms with E-state index >= 15 is 0 Å². The van der Waals surface area contributed by atoms with Crippen LogP contribution in [0.3, 0.4) is 0 Å². The number of carbonyl (C=O) groups excluding carboxylic acids is 1. The number of para-hydroxylation sites is 1. The molecule has 1 heterocycles. The summed E-state index contributed by atoms with van der Waals surface area (Å²) < 4.78 is 13.5. The Labute approximate surface area is 129 Å². The molecule has 22 heavy (non-hydrogen) atoms. The van der Waals surface area contributed by atoms with Crippen LogP contribution in [-0.2, 0) is 11.2 Å². The average molecular weight is 298 g/mol. The van der Waals surface area contributed by atoms with Gasteiger partial charge in [0.25, 0.3) is 0 Å². The summed E-state index contributed by atoms with van der Waals surface area (Å²) in [6, 6.07) is 13.2. The number of nitrogens with zero attached hydrogens (tertiary/aromatic N) is 1. The molecule has 1 aliphatic rings. The molecule has 1 amide bonds. The van der Waals surface area contributed by atoms with E-state index in [0.29, 0.717) is 11.3 Å². The lowest BCUT2D eigenvalue weighted by atomic mass is 10.1. The lowest BCUT2D eigenvalue weighted by Crippen LogP contribution is -2.37. The Morgan fingerprint density at radius 1 is 1.32 bits per heavy atom. The van der Waals surface area contributed by atoms with Crippen LogP contribution in [0.15, 0.2) is 42.5 Å². The number of aryl methyl sites for hydroxylation is 1. The summed E-state index contributed by atoms with van der Waals surface area (Å²) in [5.41, 5.74) is 3.44. The zero-order valence-electron chi connectivity index (χ0n) is 12.8. The molecule has 3 nitrogen and oxygen atoms in total. The number of carbonyl (C=O) groups is 1. The van der Waals surface area contributed by atoms with Gasteiger partial charge in [0.15, 0.2) is 0 Å². The van der Waals surface area contributed by atoms with E-state index in [1.165, 1.54) is 11.6 Å². The zero-order chi connectivity index (χ0) is 15.7. The second-order valence-corrected chi connectivity index (χ2v) is 5.82. The molecular weight excluding hydrogens is 279 g/mol. The van der Waals surface area contributed by atoms with Gasteiger partial charge >= 0.3 is 0 Å². The first-order valence-electron chi connectivity index (χ1n) is 7.45. The molecular formula is C18H19FN2O. The Morgan fingerprint density at radius 2 is 2.09 bits per heavy atom. The van der Waals surface area contributed by atoms with E-state index in [1.54, 1.807) is 19.1 Å². The van der Waals surface area contributed by atoms with Crippen molar-refractivity contribution in [2.24, 2.45) is 0 Å². The first-order valence-corrected chi connectivity index (χ1v) is 7.45. The first-order chi connectivity index (χ1) is 10.5. The molecule has 1 N–H and O–H groups in total. The Bertz CT molecular complexity index is 714. The van der Waals surface area contributed by atoms with Crippen LogP contribution in [0.4, 0.5) is 15.8 Å². The summed E-state index contributed by atoms with van der Waals surface area (Å²) in [4.78, 5) is 14.3. The lowest BCUT2D eigenvalue weighted by Gasteiger charge is -2.24. The van der Waals surface area contributed by atoms with Gasteiger partial charge in [0.05, 0.1) is 6.54 Å². The highest BCUT2D eigenvalue weighted by molar-refractivity contribution is 5.94. The molecule has 2 aromatic carbocycles. The number of rotatable bonds is 3. The van der Waals surface area contributed by atoms with Crippen LogP contribution < -0.4 is 10.2 Å². The smallest absolute Gasteiger partial charge is 0.243 e. The highest BCUT2D eigenvalue weighted by Crippen LogP contribution is 2.31. The van der Waals surface area contributed by atoms with E-state index < -0.39 is 0 Å². The fourth-order valence-corrected chi connectivity index (χ4v) is 2.90. The number of benzene rings is 2. The van der Waals surface area contributed by atoms with Crippen LogP contribution in [0.2, 0.25) is 0 Å². The maximum atomic E-state index is 13.5. The maximum absolute atomic E-state index is 13.5. The summed E-state index contributed by atoms with van der Waals surface area (Å²) in [5.74, 6) is -0.440. The first kappa shape index (κ1) is 14.6. The lowest BCUT2D eigenvalue weighted by molar-refractivity contribution is -0.115. The van der Waals surface area contributed by atoms with Crippen LogP contribution in [0.25, 0.3) is 0 Å². The van der Waals surface area contributed by atoms with Crippen molar-refractivity contribution in [3.8, 4) is 0 Å². The van der Waals surface area contributed by atoms with E-state index in [4.69, 9.17) is 0 Å². The van der Waals surface area contributed by atoms with Crippen LogP contribution in [0, 0.1) is 12.7 Å². The molecule has 1 aliphatic heterocycles. The molecule has 0 radical (unpaired) electrons. The fraction of sp³-hybridized carbons (Fsp3) is 0.278. The standard InChI is InChI=1S/C18H19FN2O/c1-12-7-8-15(10-16(12)19)20-18(22)11-21-13(2)9-14-5-3-4-6-17(14)21/h3-8,10,13H,9,11H2,1-2H3,(H,20,22)/t13-/m0/s1. The molecule has 0 saturated heterocycles. The summed E-state index contributed by atoms with van der Waals surface area (Å²) in [6.07, 6.45) is 0.947. The quantitative estimate of drug-likeness (QED) is 0.940. The summed E-state index contributed by atoms with van der Waals surface area (Å²) in [7, 11) is 0. The predicted octanol–water partition coefficient (Wildman–Crippen LogP) is 3.52. The number of amides is 1. The Balaban J connectivity index is 1.70. The van der Waals surface area contributed by atoms with Gasteiger partial charge in [0.1, 0.15) is 5.82 Å². The number of nitrogens with one attached hydrogen (secondary N) is 1. The van der Waals surface area contributed by atoms with Crippen molar-refractivity contribution in [2.45, 2.75) is 26.3 Å². The second-order valence-electron chi connectivity index (χ2n) is 5.82. The third-order valence-electron chi connectivity index (χ3n) is 4.12. The van der Waals surface area contributed by atoms with E-state index in [-0.39, 0.29) is 24.3 Å². The monoisotopic (exact) mass is 298 g/mol. The number of hydrogen-bond donors (Lipinski definition) is 1. The largest absolute Gasteiger partial charge is 0.359 e. The molecule has 0 unspecified atom stereocenters. The van der Waals surface area contributed by atoms with E-state index in [1.807, 2.05) is 18.2 Å². The van der Waals surface area contributed by atoms with Gasteiger partial charge in [-0.3, -0.25) is 4.79 Å². The summed E-state index contributed by atoms with van der Waals surface area (Å²) in [5, 5.41) is 2.77. The molecule has 0 saturated carbocycles. The molecule has 0 aromatic heterocycles. The van der Waals surface area contributed by atoms with Gasteiger partial charge in [-0.2, -0.15) is 0 Å². The molecule has 114 valence electrons. The van der Waals surface area contributed by atoms with Gasteiger partial charge < -0.3 is 10.2 Å². The average Bonchev–Trinajstić information content (AvgIpc) is 2.79. The Hall–Kier alpha value is -2.36. The van der Waals surface area contributed by atoms with Gasteiger partial charge in [0.2, 0.25) is 5.91 Å². The molecule has 2 aromatic rings. The van der Waals surface area contributed by atoms with Crippen molar-refractivity contribution in [1.82, 2.24) is 0 Å². The third-order valence-corrected chi connectivity index (χ3v) is 4.12. The second kappa shape index (κ2) is 5.79. The van der Waals surface area contributed by atoms with Crippen LogP contribution in [0.5, 0.6) is 0 Å². The minimum absolute atomic E-state index is 0.133. The van der Waals surface area contributed by atoms with Crippen molar-refractivity contribution in [3.63, 3.8) is 0 Å². The Morgan fingerprint density at radius 3 is 2.86 bits per heavy atom. The van der Waals surface area contributed by atoms with Gasteiger partial charge in [-0.15, -0.1) is 0 Å². The third kappa shape index (κ3) is 2.82. The minimum atomic E-state index is -0.308. The van der Waals surface area contributed by atoms with Gasteiger partial charge in [0, 0.05) is 17.4 Å². The van der Waals surface area contributed by atoms with Crippen LogP contribution >= 0.6 is 0 Å². The van der Waals surface area contributed by atoms with Crippen LogP contribution in [-0.4, -0.2) is 18.5 Å². The van der Waals surface area contributed by atoms with E-state index in [0.717, 1.165) is 12.1 Å². The highest BCUT2D eigenvalue weighted by Gasteiger charge is 2.26. The molecule has 1 atom stereocenters. The molecule has 0 spiro atoms.